The van der Waals surface area contributed by atoms with Crippen molar-refractivity contribution in [3.8, 4) is 0 Å². The predicted octanol–water partition coefficient (Wildman–Crippen LogP) is 1.92. The highest BCUT2D eigenvalue weighted by Crippen LogP contribution is 2.22. The summed E-state index contributed by atoms with van der Waals surface area (Å²) in [5.41, 5.74) is 4.71. The third kappa shape index (κ3) is 3.76. The lowest BCUT2D eigenvalue weighted by Gasteiger charge is -2.23. The van der Waals surface area contributed by atoms with E-state index in [4.69, 9.17) is 15.6 Å². The van der Waals surface area contributed by atoms with E-state index >= 15 is 0 Å². The molecule has 0 aliphatic heterocycles. The van der Waals surface area contributed by atoms with Gasteiger partial charge in [0.05, 0.1) is 6.10 Å². The maximum Gasteiger partial charge on any atom is 0.323 e. The van der Waals surface area contributed by atoms with Crippen molar-refractivity contribution in [3.63, 3.8) is 0 Å². The number of hydrogen-bond donors (Lipinski definition) is 2. The first kappa shape index (κ1) is 13.5. The molecule has 16 heavy (non-hydrogen) atoms. The Hall–Kier alpha value is -0.610. The van der Waals surface area contributed by atoms with Crippen LogP contribution in [-0.4, -0.2) is 29.3 Å². The molecule has 0 spiro atoms. The molecule has 1 atom stereocenters. The predicted molar refractivity (Wildman–Crippen MR) is 62.3 cm³/mol. The molecular weight excluding hydrogens is 206 g/mol. The van der Waals surface area contributed by atoms with E-state index in [9.17, 15) is 4.79 Å². The Morgan fingerprint density at radius 2 is 2.12 bits per heavy atom. The molecule has 1 fully saturated rings. The van der Waals surface area contributed by atoms with Gasteiger partial charge in [-0.3, -0.25) is 4.79 Å². The van der Waals surface area contributed by atoms with Crippen LogP contribution >= 0.6 is 0 Å². The molecule has 0 bridgehead atoms. The highest BCUT2D eigenvalue weighted by Gasteiger charge is 2.31. The van der Waals surface area contributed by atoms with Gasteiger partial charge in [-0.15, -0.1) is 0 Å². The van der Waals surface area contributed by atoms with E-state index in [-0.39, 0.29) is 0 Å². The van der Waals surface area contributed by atoms with Gasteiger partial charge in [0.1, 0.15) is 5.54 Å². The molecule has 0 amide bonds. The molecule has 0 aromatic rings. The van der Waals surface area contributed by atoms with Crippen molar-refractivity contribution in [3.05, 3.63) is 0 Å². The van der Waals surface area contributed by atoms with Crippen LogP contribution in [0, 0.1) is 0 Å². The molecule has 4 heteroatoms. The van der Waals surface area contributed by atoms with Crippen molar-refractivity contribution in [1.82, 2.24) is 0 Å². The number of carbonyl (C=O) groups is 1. The number of carboxylic acid groups (broad SMARTS) is 1. The molecular formula is C12H23NO3. The maximum atomic E-state index is 10.9. The Bertz CT molecular complexity index is 226. The summed E-state index contributed by atoms with van der Waals surface area (Å²) in [6.45, 7) is 2.45. The Kier molecular flexibility index (Phi) is 5.22. The second-order valence-corrected chi connectivity index (χ2v) is 4.70. The third-order valence-corrected chi connectivity index (χ3v) is 3.48. The standard InChI is InChI=1S/C12H23NO3/c1-2-12(13,11(14)15)8-5-9-16-10-6-3-4-7-10/h10H,2-9,13H2,1H3,(H,14,15). The summed E-state index contributed by atoms with van der Waals surface area (Å²) in [6, 6.07) is 0. The summed E-state index contributed by atoms with van der Waals surface area (Å²) in [5, 5.41) is 8.98. The van der Waals surface area contributed by atoms with Gasteiger partial charge in [0.25, 0.3) is 0 Å². The number of nitrogens with two attached hydrogens (primary N) is 1. The van der Waals surface area contributed by atoms with Crippen LogP contribution in [0.1, 0.15) is 51.9 Å². The molecule has 0 saturated heterocycles. The van der Waals surface area contributed by atoms with Crippen LogP contribution in [0.5, 0.6) is 0 Å². The Morgan fingerprint density at radius 3 is 2.62 bits per heavy atom. The molecule has 1 aliphatic rings. The number of hydrogen-bond acceptors (Lipinski definition) is 3. The zero-order chi connectivity index (χ0) is 12.0. The minimum Gasteiger partial charge on any atom is -0.480 e. The van der Waals surface area contributed by atoms with Crippen LogP contribution in [0.3, 0.4) is 0 Å². The smallest absolute Gasteiger partial charge is 0.323 e. The molecule has 1 unspecified atom stereocenters. The van der Waals surface area contributed by atoms with Crippen LogP contribution in [0.15, 0.2) is 0 Å². The van der Waals surface area contributed by atoms with E-state index in [1.165, 1.54) is 12.8 Å². The Labute approximate surface area is 97.2 Å². The minimum absolute atomic E-state index is 0.402. The monoisotopic (exact) mass is 229 g/mol. The average molecular weight is 229 g/mol. The van der Waals surface area contributed by atoms with Crippen LogP contribution < -0.4 is 5.73 Å². The molecule has 0 heterocycles. The maximum absolute atomic E-state index is 10.9. The third-order valence-electron chi connectivity index (χ3n) is 3.48. The average Bonchev–Trinajstić information content (AvgIpc) is 2.76. The highest BCUT2D eigenvalue weighted by atomic mass is 16.5. The molecule has 0 aromatic heterocycles. The lowest BCUT2D eigenvalue weighted by Crippen LogP contribution is -2.47. The van der Waals surface area contributed by atoms with Crippen molar-refractivity contribution in [2.45, 2.75) is 63.5 Å². The summed E-state index contributed by atoms with van der Waals surface area (Å²) >= 11 is 0. The second kappa shape index (κ2) is 6.21. The lowest BCUT2D eigenvalue weighted by molar-refractivity contribution is -0.143. The summed E-state index contributed by atoms with van der Waals surface area (Å²) in [7, 11) is 0. The molecule has 1 aliphatic carbocycles. The van der Waals surface area contributed by atoms with Crippen LogP contribution in [0.4, 0.5) is 0 Å². The fraction of sp³-hybridized carbons (Fsp3) is 0.917. The first-order chi connectivity index (χ1) is 7.58. The Morgan fingerprint density at radius 1 is 1.50 bits per heavy atom. The first-order valence-electron chi connectivity index (χ1n) is 6.22. The van der Waals surface area contributed by atoms with Crippen LogP contribution in [0.2, 0.25) is 0 Å². The summed E-state index contributed by atoms with van der Waals surface area (Å²) in [5.74, 6) is -0.907. The first-order valence-corrected chi connectivity index (χ1v) is 6.22. The van der Waals surface area contributed by atoms with Crippen molar-refractivity contribution in [2.75, 3.05) is 6.61 Å². The molecule has 4 nitrogen and oxygen atoms in total. The number of carboxylic acids is 1. The van der Waals surface area contributed by atoms with Gasteiger partial charge in [0, 0.05) is 6.61 Å². The fourth-order valence-corrected chi connectivity index (χ4v) is 2.13. The van der Waals surface area contributed by atoms with Crippen molar-refractivity contribution in [2.24, 2.45) is 5.73 Å². The zero-order valence-electron chi connectivity index (χ0n) is 10.1. The van der Waals surface area contributed by atoms with E-state index in [2.05, 4.69) is 0 Å². The number of rotatable bonds is 7. The summed E-state index contributed by atoms with van der Waals surface area (Å²) in [6.07, 6.45) is 6.91. The van der Waals surface area contributed by atoms with Gasteiger partial charge in [-0.25, -0.2) is 0 Å². The van der Waals surface area contributed by atoms with Gasteiger partial charge in [-0.1, -0.05) is 19.8 Å². The second-order valence-electron chi connectivity index (χ2n) is 4.70. The molecule has 94 valence electrons. The van der Waals surface area contributed by atoms with E-state index in [1.54, 1.807) is 0 Å². The number of ether oxygens (including phenoxy) is 1. The minimum atomic E-state index is -1.07. The van der Waals surface area contributed by atoms with E-state index in [0.717, 1.165) is 19.3 Å². The normalized spacial score (nSPS) is 20.9. The van der Waals surface area contributed by atoms with Gasteiger partial charge in [-0.05, 0) is 32.1 Å². The highest BCUT2D eigenvalue weighted by molar-refractivity contribution is 5.78. The lowest BCUT2D eigenvalue weighted by atomic mass is 9.92. The Balaban J connectivity index is 2.15. The summed E-state index contributed by atoms with van der Waals surface area (Å²) < 4.78 is 5.67. The van der Waals surface area contributed by atoms with Gasteiger partial charge < -0.3 is 15.6 Å². The SMILES string of the molecule is CCC(N)(CCCOC1CCCC1)C(=O)O. The topological polar surface area (TPSA) is 72.5 Å². The van der Waals surface area contributed by atoms with Gasteiger partial charge in [0.15, 0.2) is 0 Å². The molecule has 0 aromatic carbocycles. The number of aliphatic carboxylic acids is 1. The molecule has 1 rings (SSSR count). The molecule has 1 saturated carbocycles. The van der Waals surface area contributed by atoms with Gasteiger partial charge in [0.2, 0.25) is 0 Å². The quantitative estimate of drug-likeness (QED) is 0.654. The van der Waals surface area contributed by atoms with Gasteiger partial charge in [-0.2, -0.15) is 0 Å². The van der Waals surface area contributed by atoms with E-state index in [0.29, 0.717) is 25.6 Å². The van der Waals surface area contributed by atoms with E-state index < -0.39 is 11.5 Å². The van der Waals surface area contributed by atoms with E-state index in [1.807, 2.05) is 6.92 Å². The van der Waals surface area contributed by atoms with Crippen LogP contribution in [0.25, 0.3) is 0 Å². The van der Waals surface area contributed by atoms with Crippen LogP contribution in [-0.2, 0) is 9.53 Å². The summed E-state index contributed by atoms with van der Waals surface area (Å²) in [4.78, 5) is 10.9. The van der Waals surface area contributed by atoms with Crippen molar-refractivity contribution in [1.29, 1.82) is 0 Å². The fourth-order valence-electron chi connectivity index (χ4n) is 2.13. The van der Waals surface area contributed by atoms with Gasteiger partial charge >= 0.3 is 5.97 Å². The van der Waals surface area contributed by atoms with Crippen molar-refractivity contribution < 1.29 is 14.6 Å². The van der Waals surface area contributed by atoms with Crippen molar-refractivity contribution >= 4 is 5.97 Å². The zero-order valence-corrected chi connectivity index (χ0v) is 10.1. The largest absolute Gasteiger partial charge is 0.480 e. The molecule has 0 radical (unpaired) electrons. The molecule has 3 N–H and O–H groups in total.